The Hall–Kier alpha value is -1.72. The zero-order valence-electron chi connectivity index (χ0n) is 11.7. The second-order valence-corrected chi connectivity index (χ2v) is 5.94. The minimum absolute atomic E-state index is 0.00453. The smallest absolute Gasteiger partial charge is 0.266 e. The number of para-hydroxylation sites is 1. The number of hydrogen-bond donors (Lipinski definition) is 0. The van der Waals surface area contributed by atoms with Gasteiger partial charge < -0.3 is 0 Å². The van der Waals surface area contributed by atoms with Gasteiger partial charge in [0, 0.05) is 19.2 Å². The molecule has 0 spiro atoms. The van der Waals surface area contributed by atoms with Crippen LogP contribution in [0.25, 0.3) is 0 Å². The molecule has 1 fully saturated rings. The summed E-state index contributed by atoms with van der Waals surface area (Å²) in [7, 11) is 0. The van der Waals surface area contributed by atoms with Crippen molar-refractivity contribution in [3.8, 4) is 0 Å². The molecule has 1 aliphatic heterocycles. The summed E-state index contributed by atoms with van der Waals surface area (Å²) < 4.78 is 0.632. The van der Waals surface area contributed by atoms with Crippen molar-refractivity contribution in [2.45, 2.75) is 13.3 Å². The van der Waals surface area contributed by atoms with Crippen molar-refractivity contribution in [1.82, 2.24) is 4.90 Å². The highest BCUT2D eigenvalue weighted by atomic mass is 32.2. The summed E-state index contributed by atoms with van der Waals surface area (Å²) in [6, 6.07) is 9.79. The van der Waals surface area contributed by atoms with Gasteiger partial charge in [-0.05, 0) is 25.1 Å². The lowest BCUT2D eigenvalue weighted by molar-refractivity contribution is -0.122. The average molecular weight is 316 g/mol. The highest BCUT2D eigenvalue weighted by Crippen LogP contribution is 2.30. The van der Waals surface area contributed by atoms with Crippen molar-refractivity contribution in [2.75, 3.05) is 6.54 Å². The van der Waals surface area contributed by atoms with Crippen molar-refractivity contribution in [2.24, 2.45) is 4.99 Å². The van der Waals surface area contributed by atoms with Crippen LogP contribution in [0.4, 0.5) is 5.69 Å². The molecule has 0 radical (unpaired) electrons. The van der Waals surface area contributed by atoms with E-state index in [-0.39, 0.29) is 5.91 Å². The summed E-state index contributed by atoms with van der Waals surface area (Å²) >= 11 is 6.50. The van der Waals surface area contributed by atoms with Gasteiger partial charge in [0.15, 0.2) is 0 Å². The Morgan fingerprint density at radius 3 is 2.76 bits per heavy atom. The molecule has 1 heterocycles. The molecule has 1 aromatic rings. The lowest BCUT2D eigenvalue weighted by Gasteiger charge is -2.09. The van der Waals surface area contributed by atoms with Gasteiger partial charge in [-0.2, -0.15) is 0 Å². The Labute approximate surface area is 134 Å². The van der Waals surface area contributed by atoms with Crippen molar-refractivity contribution in [1.29, 1.82) is 0 Å². The van der Waals surface area contributed by atoms with Crippen molar-refractivity contribution in [3.63, 3.8) is 0 Å². The fraction of sp³-hybridized carbons (Fsp3) is 0.188. The monoisotopic (exact) mass is 316 g/mol. The Kier molecular flexibility index (Phi) is 5.90. The number of rotatable bonds is 5. The molecule has 0 unspecified atom stereocenters. The van der Waals surface area contributed by atoms with Gasteiger partial charge in [-0.15, -0.1) is 0 Å². The van der Waals surface area contributed by atoms with E-state index in [0.29, 0.717) is 15.8 Å². The number of likely N-dealkylation sites (N-methyl/N-ethyl adjacent to an activating group) is 1. The third kappa shape index (κ3) is 4.37. The number of amides is 1. The lowest BCUT2D eigenvalue weighted by atomic mass is 10.3. The third-order valence-corrected chi connectivity index (χ3v) is 4.21. The predicted molar refractivity (Wildman–Crippen MR) is 94.0 cm³/mol. The SMILES string of the molecule is CCN1C(=O)/C(=C\C=C\CC=Nc2ccccc2)SC1=S. The number of thiocarbonyl (C=S) groups is 1. The molecule has 1 aromatic carbocycles. The number of benzene rings is 1. The zero-order valence-corrected chi connectivity index (χ0v) is 13.4. The number of aliphatic imine (C=N–C) groups is 1. The maximum absolute atomic E-state index is 11.9. The molecular formula is C16H16N2OS2. The largest absolute Gasteiger partial charge is 0.293 e. The lowest BCUT2D eigenvalue weighted by Crippen LogP contribution is -2.27. The Balaban J connectivity index is 1.86. The van der Waals surface area contributed by atoms with Gasteiger partial charge in [0.1, 0.15) is 4.32 Å². The summed E-state index contributed by atoms with van der Waals surface area (Å²) in [6.07, 6.45) is 8.21. The standard InChI is InChI=1S/C16H16N2OS2/c1-2-18-15(19)14(21-16(18)20)11-7-4-8-12-17-13-9-5-3-6-10-13/h3-7,9-12H,2,8H2,1H3/b7-4+,14-11+,17-12?. The van der Waals surface area contributed by atoms with Crippen molar-refractivity contribution < 1.29 is 4.79 Å². The molecule has 1 amide bonds. The number of hydrogen-bond acceptors (Lipinski definition) is 4. The molecule has 0 atom stereocenters. The van der Waals surface area contributed by atoms with Crippen molar-refractivity contribution >= 4 is 46.1 Å². The molecular weight excluding hydrogens is 300 g/mol. The Bertz CT molecular complexity index is 606. The molecule has 1 aliphatic rings. The van der Waals surface area contributed by atoms with Crippen LogP contribution in [0.5, 0.6) is 0 Å². The van der Waals surface area contributed by atoms with Crippen LogP contribution in [0.1, 0.15) is 13.3 Å². The van der Waals surface area contributed by atoms with Crippen LogP contribution in [-0.4, -0.2) is 27.9 Å². The van der Waals surface area contributed by atoms with Gasteiger partial charge in [0.2, 0.25) is 0 Å². The van der Waals surface area contributed by atoms with E-state index in [9.17, 15) is 4.79 Å². The molecule has 0 saturated carbocycles. The maximum Gasteiger partial charge on any atom is 0.266 e. The van der Waals surface area contributed by atoms with Gasteiger partial charge in [-0.25, -0.2) is 0 Å². The second kappa shape index (κ2) is 7.90. The first-order valence-corrected chi connectivity index (χ1v) is 7.93. The maximum atomic E-state index is 11.9. The molecule has 0 aromatic heterocycles. The quantitative estimate of drug-likeness (QED) is 0.466. The summed E-state index contributed by atoms with van der Waals surface area (Å²) in [5.41, 5.74) is 0.940. The molecule has 0 bridgehead atoms. The Morgan fingerprint density at radius 2 is 2.10 bits per heavy atom. The third-order valence-electron chi connectivity index (χ3n) is 2.81. The van der Waals surface area contributed by atoms with Crippen LogP contribution in [-0.2, 0) is 4.79 Å². The minimum atomic E-state index is -0.00453. The van der Waals surface area contributed by atoms with Gasteiger partial charge in [0.25, 0.3) is 5.91 Å². The molecule has 5 heteroatoms. The first kappa shape index (κ1) is 15.7. The van der Waals surface area contributed by atoms with Gasteiger partial charge in [0.05, 0.1) is 10.6 Å². The van der Waals surface area contributed by atoms with Gasteiger partial charge in [-0.1, -0.05) is 54.3 Å². The summed E-state index contributed by atoms with van der Waals surface area (Å²) in [5.74, 6) is -0.00453. The van der Waals surface area contributed by atoms with E-state index in [4.69, 9.17) is 12.2 Å². The fourth-order valence-corrected chi connectivity index (χ4v) is 3.09. The van der Waals surface area contributed by atoms with E-state index in [1.807, 2.05) is 61.7 Å². The first-order chi connectivity index (χ1) is 10.2. The topological polar surface area (TPSA) is 32.7 Å². The second-order valence-electron chi connectivity index (χ2n) is 4.26. The number of nitrogens with zero attached hydrogens (tertiary/aromatic N) is 2. The number of allylic oxidation sites excluding steroid dienone is 3. The summed E-state index contributed by atoms with van der Waals surface area (Å²) in [4.78, 5) is 18.6. The average Bonchev–Trinajstić information content (AvgIpc) is 2.77. The first-order valence-electron chi connectivity index (χ1n) is 6.70. The fourth-order valence-electron chi connectivity index (χ4n) is 1.75. The number of carbonyl (C=O) groups is 1. The predicted octanol–water partition coefficient (Wildman–Crippen LogP) is 4.10. The van der Waals surface area contributed by atoms with Crippen LogP contribution in [0, 0.1) is 0 Å². The normalized spacial score (nSPS) is 17.8. The molecule has 3 nitrogen and oxygen atoms in total. The van der Waals surface area contributed by atoms with E-state index in [1.54, 1.807) is 4.90 Å². The van der Waals surface area contributed by atoms with E-state index in [0.717, 1.165) is 12.1 Å². The van der Waals surface area contributed by atoms with E-state index >= 15 is 0 Å². The molecule has 2 rings (SSSR count). The van der Waals surface area contributed by atoms with Crippen LogP contribution in [0.3, 0.4) is 0 Å². The number of carbonyl (C=O) groups excluding carboxylic acids is 1. The highest BCUT2D eigenvalue weighted by molar-refractivity contribution is 8.26. The molecule has 21 heavy (non-hydrogen) atoms. The highest BCUT2D eigenvalue weighted by Gasteiger charge is 2.29. The zero-order chi connectivity index (χ0) is 15.1. The van der Waals surface area contributed by atoms with Crippen LogP contribution in [0.2, 0.25) is 0 Å². The van der Waals surface area contributed by atoms with Crippen molar-refractivity contribution in [3.05, 3.63) is 53.5 Å². The molecule has 0 N–H and O–H groups in total. The van der Waals surface area contributed by atoms with Gasteiger partial charge >= 0.3 is 0 Å². The van der Waals surface area contributed by atoms with Crippen LogP contribution >= 0.6 is 24.0 Å². The Morgan fingerprint density at radius 1 is 1.33 bits per heavy atom. The van der Waals surface area contributed by atoms with E-state index in [1.165, 1.54) is 11.8 Å². The van der Waals surface area contributed by atoms with E-state index in [2.05, 4.69) is 4.99 Å². The van der Waals surface area contributed by atoms with E-state index < -0.39 is 0 Å². The van der Waals surface area contributed by atoms with Crippen LogP contribution in [0.15, 0.2) is 58.5 Å². The van der Waals surface area contributed by atoms with Gasteiger partial charge in [-0.3, -0.25) is 14.7 Å². The molecule has 108 valence electrons. The summed E-state index contributed by atoms with van der Waals surface area (Å²) in [5, 5.41) is 0. The summed E-state index contributed by atoms with van der Waals surface area (Å²) in [6.45, 7) is 2.54. The molecule has 1 saturated heterocycles. The molecule has 0 aliphatic carbocycles. The minimum Gasteiger partial charge on any atom is -0.293 e. The van der Waals surface area contributed by atoms with Crippen LogP contribution < -0.4 is 0 Å². The number of thioether (sulfide) groups is 1.